The Hall–Kier alpha value is -0.610. The summed E-state index contributed by atoms with van der Waals surface area (Å²) in [5.41, 5.74) is 2.05. The Morgan fingerprint density at radius 3 is 3.18 bits per heavy atom. The highest BCUT2D eigenvalue weighted by Gasteiger charge is 2.00. The van der Waals surface area contributed by atoms with Gasteiger partial charge in [-0.3, -0.25) is 0 Å². The van der Waals surface area contributed by atoms with Crippen LogP contribution in [0.3, 0.4) is 0 Å². The van der Waals surface area contributed by atoms with Crippen molar-refractivity contribution in [2.75, 3.05) is 0 Å². The van der Waals surface area contributed by atoms with Gasteiger partial charge in [0.15, 0.2) is 0 Å². The summed E-state index contributed by atoms with van der Waals surface area (Å²) in [6, 6.07) is 5.98. The highest BCUT2D eigenvalue weighted by Crippen LogP contribution is 2.27. The number of imidazole rings is 1. The zero-order chi connectivity index (χ0) is 7.68. The van der Waals surface area contributed by atoms with Crippen LogP contribution in [0.1, 0.15) is 0 Å². The summed E-state index contributed by atoms with van der Waals surface area (Å²) >= 11 is 4.12. The van der Waals surface area contributed by atoms with Crippen molar-refractivity contribution in [3.8, 4) is 0 Å². The summed E-state index contributed by atoms with van der Waals surface area (Å²) in [4.78, 5) is 8.29. The predicted octanol–water partition coefficient (Wildman–Crippen LogP) is 2.50. The molecule has 1 aromatic carbocycles. The maximum atomic E-state index is 4.16. The van der Waals surface area contributed by atoms with Crippen LogP contribution < -0.4 is 0 Å². The molecule has 0 saturated carbocycles. The first kappa shape index (κ1) is 7.06. The minimum atomic E-state index is 0.993. The van der Waals surface area contributed by atoms with Crippen LogP contribution in [-0.2, 0) is 0 Å². The van der Waals surface area contributed by atoms with Gasteiger partial charge >= 0.3 is 0 Å². The van der Waals surface area contributed by atoms with Gasteiger partial charge in [-0.15, -0.1) is 11.7 Å². The van der Waals surface area contributed by atoms with Gasteiger partial charge in [-0.1, -0.05) is 16.9 Å². The number of para-hydroxylation sites is 1. The predicted molar refractivity (Wildman–Crippen MR) is 50.9 cm³/mol. The van der Waals surface area contributed by atoms with Crippen LogP contribution >= 0.6 is 22.5 Å². The Bertz CT molecular complexity index is 369. The lowest BCUT2D eigenvalue weighted by atomic mass is 10.3. The molecule has 2 rings (SSSR count). The van der Waals surface area contributed by atoms with Gasteiger partial charge in [0.1, 0.15) is 5.52 Å². The van der Waals surface area contributed by atoms with Gasteiger partial charge in [0.25, 0.3) is 0 Å². The van der Waals surface area contributed by atoms with E-state index in [4.69, 9.17) is 0 Å². The van der Waals surface area contributed by atoms with E-state index in [0.717, 1.165) is 15.9 Å². The van der Waals surface area contributed by atoms with Gasteiger partial charge in [0, 0.05) is 4.90 Å². The molecule has 0 radical (unpaired) electrons. The van der Waals surface area contributed by atoms with Crippen molar-refractivity contribution in [1.29, 1.82) is 0 Å². The fourth-order valence-corrected chi connectivity index (χ4v) is 1.84. The summed E-state index contributed by atoms with van der Waals surface area (Å²) in [6.45, 7) is 0. The molecule has 56 valence electrons. The molecule has 1 heterocycles. The molecular formula is C7H6N2S2. The molecule has 0 aliphatic carbocycles. The van der Waals surface area contributed by atoms with Gasteiger partial charge in [-0.2, -0.15) is 0 Å². The highest BCUT2D eigenvalue weighted by molar-refractivity contribution is 8.68. The second-order valence-electron chi connectivity index (χ2n) is 2.15. The first-order valence-electron chi connectivity index (χ1n) is 3.15. The molecule has 2 nitrogen and oxygen atoms in total. The van der Waals surface area contributed by atoms with E-state index in [1.54, 1.807) is 6.33 Å². The zero-order valence-corrected chi connectivity index (χ0v) is 7.32. The number of aromatic nitrogens is 2. The SMILES string of the molecule is SSc1cccc2[nH]cnc12. The smallest absolute Gasteiger partial charge is 0.103 e. The summed E-state index contributed by atoms with van der Waals surface area (Å²) in [5.74, 6) is 0. The van der Waals surface area contributed by atoms with Crippen molar-refractivity contribution in [3.63, 3.8) is 0 Å². The number of H-pyrrole nitrogens is 1. The van der Waals surface area contributed by atoms with Crippen LogP contribution in [0.5, 0.6) is 0 Å². The number of fused-ring (bicyclic) bond motifs is 1. The molecule has 0 aliphatic heterocycles. The van der Waals surface area contributed by atoms with E-state index >= 15 is 0 Å². The van der Waals surface area contributed by atoms with E-state index in [1.165, 1.54) is 10.8 Å². The molecule has 11 heavy (non-hydrogen) atoms. The molecule has 4 heteroatoms. The van der Waals surface area contributed by atoms with Crippen LogP contribution in [0.15, 0.2) is 29.4 Å². The first-order valence-corrected chi connectivity index (χ1v) is 5.02. The molecule has 0 fully saturated rings. The lowest BCUT2D eigenvalue weighted by Gasteiger charge is -1.93. The normalized spacial score (nSPS) is 10.6. The number of benzene rings is 1. The maximum Gasteiger partial charge on any atom is 0.103 e. The largest absolute Gasteiger partial charge is 0.345 e. The molecule has 0 aliphatic rings. The average molecular weight is 182 g/mol. The van der Waals surface area contributed by atoms with Crippen LogP contribution in [0, 0.1) is 0 Å². The van der Waals surface area contributed by atoms with Gasteiger partial charge in [0.05, 0.1) is 11.8 Å². The molecule has 0 bridgehead atoms. The van der Waals surface area contributed by atoms with Crippen molar-refractivity contribution >= 4 is 33.5 Å². The minimum absolute atomic E-state index is 0.993. The molecule has 1 aromatic heterocycles. The minimum Gasteiger partial charge on any atom is -0.345 e. The van der Waals surface area contributed by atoms with E-state index < -0.39 is 0 Å². The molecule has 0 saturated heterocycles. The Morgan fingerprint density at radius 2 is 2.36 bits per heavy atom. The number of aromatic amines is 1. The van der Waals surface area contributed by atoms with Crippen molar-refractivity contribution in [2.45, 2.75) is 4.90 Å². The molecule has 0 atom stereocenters. The highest BCUT2D eigenvalue weighted by atomic mass is 33.1. The lowest BCUT2D eigenvalue weighted by molar-refractivity contribution is 1.33. The summed E-state index contributed by atoms with van der Waals surface area (Å²) in [7, 11) is 1.41. The van der Waals surface area contributed by atoms with Crippen molar-refractivity contribution in [3.05, 3.63) is 24.5 Å². The monoisotopic (exact) mass is 182 g/mol. The van der Waals surface area contributed by atoms with E-state index in [2.05, 4.69) is 21.6 Å². The van der Waals surface area contributed by atoms with Gasteiger partial charge in [-0.25, -0.2) is 4.98 Å². The average Bonchev–Trinajstić information content (AvgIpc) is 2.50. The molecule has 0 unspecified atom stereocenters. The van der Waals surface area contributed by atoms with Crippen LogP contribution in [0.4, 0.5) is 0 Å². The third-order valence-corrected chi connectivity index (χ3v) is 2.63. The third kappa shape index (κ3) is 1.12. The summed E-state index contributed by atoms with van der Waals surface area (Å²) in [6.07, 6.45) is 1.69. The van der Waals surface area contributed by atoms with E-state index in [1.807, 2.05) is 18.2 Å². The zero-order valence-electron chi connectivity index (χ0n) is 5.61. The second-order valence-corrected chi connectivity index (χ2v) is 3.32. The Balaban J connectivity index is 2.79. The number of nitrogens with one attached hydrogen (secondary N) is 1. The molecule has 0 amide bonds. The third-order valence-electron chi connectivity index (χ3n) is 1.51. The number of thiol groups is 1. The van der Waals surface area contributed by atoms with Crippen LogP contribution in [-0.4, -0.2) is 9.97 Å². The molecule has 0 spiro atoms. The maximum absolute atomic E-state index is 4.16. The topological polar surface area (TPSA) is 28.7 Å². The van der Waals surface area contributed by atoms with Gasteiger partial charge < -0.3 is 4.98 Å². The second kappa shape index (κ2) is 2.79. The summed E-state index contributed by atoms with van der Waals surface area (Å²) < 4.78 is 0. The fraction of sp³-hybridized carbons (Fsp3) is 0. The number of rotatable bonds is 1. The number of hydrogen-bond donors (Lipinski definition) is 2. The Morgan fingerprint density at radius 1 is 1.45 bits per heavy atom. The number of nitrogens with zero attached hydrogens (tertiary/aromatic N) is 1. The van der Waals surface area contributed by atoms with E-state index in [0.29, 0.717) is 0 Å². The first-order chi connectivity index (χ1) is 5.42. The van der Waals surface area contributed by atoms with E-state index in [9.17, 15) is 0 Å². The molecular weight excluding hydrogens is 176 g/mol. The van der Waals surface area contributed by atoms with Crippen LogP contribution in [0.2, 0.25) is 0 Å². The molecule has 1 N–H and O–H groups in total. The van der Waals surface area contributed by atoms with Crippen molar-refractivity contribution in [1.82, 2.24) is 9.97 Å². The van der Waals surface area contributed by atoms with Crippen LogP contribution in [0.25, 0.3) is 11.0 Å². The quantitative estimate of drug-likeness (QED) is 0.524. The van der Waals surface area contributed by atoms with E-state index in [-0.39, 0.29) is 0 Å². The fourth-order valence-electron chi connectivity index (χ4n) is 1.01. The Labute approximate surface area is 73.2 Å². The number of hydrogen-bond acceptors (Lipinski definition) is 3. The van der Waals surface area contributed by atoms with Crippen molar-refractivity contribution in [2.24, 2.45) is 0 Å². The van der Waals surface area contributed by atoms with Crippen molar-refractivity contribution < 1.29 is 0 Å². The lowest BCUT2D eigenvalue weighted by Crippen LogP contribution is -1.71. The Kier molecular flexibility index (Phi) is 1.79. The van der Waals surface area contributed by atoms with Gasteiger partial charge in [0.2, 0.25) is 0 Å². The van der Waals surface area contributed by atoms with Gasteiger partial charge in [-0.05, 0) is 12.1 Å². The summed E-state index contributed by atoms with van der Waals surface area (Å²) in [5, 5.41) is 0. The standard InChI is InChI=1S/C7H6N2S2/c10-11-6-3-1-2-5-7(6)9-4-8-5/h1-4,10H,(H,8,9). The molecule has 2 aromatic rings.